The van der Waals surface area contributed by atoms with Gasteiger partial charge in [-0.15, -0.1) is 0 Å². The summed E-state index contributed by atoms with van der Waals surface area (Å²) in [5, 5.41) is 3.56. The zero-order valence-electron chi connectivity index (χ0n) is 12.4. The highest BCUT2D eigenvalue weighted by molar-refractivity contribution is 5.19. The van der Waals surface area contributed by atoms with E-state index in [4.69, 9.17) is 5.73 Å². The third kappa shape index (κ3) is 7.34. The maximum Gasteiger partial charge on any atom is 0.0444 e. The van der Waals surface area contributed by atoms with Crippen molar-refractivity contribution in [1.82, 2.24) is 5.32 Å². The first-order chi connectivity index (χ1) is 9.38. The van der Waals surface area contributed by atoms with Gasteiger partial charge in [-0.1, -0.05) is 75.8 Å². The van der Waals surface area contributed by atoms with E-state index in [1.165, 1.54) is 50.5 Å². The average Bonchev–Trinajstić information content (AvgIpc) is 2.47. The Morgan fingerprint density at radius 3 is 2.21 bits per heavy atom. The van der Waals surface area contributed by atoms with E-state index in [0.717, 1.165) is 6.54 Å². The van der Waals surface area contributed by atoms with Crippen LogP contribution in [0.25, 0.3) is 0 Å². The Balaban J connectivity index is 2.07. The first kappa shape index (κ1) is 16.2. The molecule has 0 spiro atoms. The van der Waals surface area contributed by atoms with Crippen molar-refractivity contribution in [2.75, 3.05) is 13.1 Å². The predicted molar refractivity (Wildman–Crippen MR) is 84.2 cm³/mol. The van der Waals surface area contributed by atoms with E-state index < -0.39 is 0 Å². The lowest BCUT2D eigenvalue weighted by atomic mass is 10.1. The number of nitrogens with two attached hydrogens (primary N) is 1. The number of nitrogens with one attached hydrogen (secondary N) is 1. The Kier molecular flexibility index (Phi) is 9.38. The van der Waals surface area contributed by atoms with Gasteiger partial charge in [0.25, 0.3) is 0 Å². The van der Waals surface area contributed by atoms with E-state index in [1.807, 2.05) is 6.07 Å². The molecule has 1 aromatic rings. The van der Waals surface area contributed by atoms with E-state index >= 15 is 0 Å². The summed E-state index contributed by atoms with van der Waals surface area (Å²) < 4.78 is 0. The van der Waals surface area contributed by atoms with Gasteiger partial charge in [0.1, 0.15) is 0 Å². The van der Waals surface area contributed by atoms with Crippen LogP contribution < -0.4 is 11.1 Å². The smallest absolute Gasteiger partial charge is 0.0444 e. The molecule has 2 heteroatoms. The van der Waals surface area contributed by atoms with Crippen molar-refractivity contribution in [3.05, 3.63) is 35.9 Å². The zero-order valence-corrected chi connectivity index (χ0v) is 12.4. The number of rotatable bonds is 11. The van der Waals surface area contributed by atoms with Crippen molar-refractivity contribution in [3.63, 3.8) is 0 Å². The molecule has 0 fully saturated rings. The molecule has 2 nitrogen and oxygen atoms in total. The molecule has 0 heterocycles. The van der Waals surface area contributed by atoms with E-state index in [0.29, 0.717) is 12.6 Å². The lowest BCUT2D eigenvalue weighted by Gasteiger charge is -2.17. The summed E-state index contributed by atoms with van der Waals surface area (Å²) in [6.45, 7) is 4.01. The monoisotopic (exact) mass is 262 g/mol. The van der Waals surface area contributed by atoms with Gasteiger partial charge in [0.2, 0.25) is 0 Å². The molecule has 0 saturated heterocycles. The highest BCUT2D eigenvalue weighted by Gasteiger charge is 2.06. The van der Waals surface area contributed by atoms with Crippen molar-refractivity contribution < 1.29 is 0 Å². The molecule has 0 radical (unpaired) electrons. The van der Waals surface area contributed by atoms with Crippen LogP contribution in [0.1, 0.15) is 63.5 Å². The van der Waals surface area contributed by atoms with Gasteiger partial charge in [0, 0.05) is 12.6 Å². The summed E-state index contributed by atoms with van der Waals surface area (Å²) in [6.07, 6.45) is 9.49. The molecule has 0 aliphatic rings. The highest BCUT2D eigenvalue weighted by atomic mass is 14.9. The SMILES string of the molecule is CCCCCCCCCNC(CN)c1ccccc1. The fraction of sp³-hybridized carbons (Fsp3) is 0.647. The third-order valence-electron chi connectivity index (χ3n) is 3.61. The second kappa shape index (κ2) is 11.0. The number of hydrogen-bond donors (Lipinski definition) is 2. The molecule has 1 rings (SSSR count). The Morgan fingerprint density at radius 1 is 0.947 bits per heavy atom. The lowest BCUT2D eigenvalue weighted by molar-refractivity contribution is 0.507. The maximum absolute atomic E-state index is 5.84. The average molecular weight is 262 g/mol. The zero-order chi connectivity index (χ0) is 13.8. The molecule has 19 heavy (non-hydrogen) atoms. The van der Waals surface area contributed by atoms with Gasteiger partial charge in [0.05, 0.1) is 0 Å². The molecule has 0 aliphatic carbocycles. The first-order valence-electron chi connectivity index (χ1n) is 7.87. The molecular formula is C17H30N2. The van der Waals surface area contributed by atoms with Crippen LogP contribution in [-0.2, 0) is 0 Å². The summed E-state index contributed by atoms with van der Waals surface area (Å²) in [5.74, 6) is 0. The Bertz CT molecular complexity index is 297. The second-order valence-corrected chi connectivity index (χ2v) is 5.27. The fourth-order valence-corrected chi connectivity index (χ4v) is 2.38. The van der Waals surface area contributed by atoms with Gasteiger partial charge >= 0.3 is 0 Å². The third-order valence-corrected chi connectivity index (χ3v) is 3.61. The molecular weight excluding hydrogens is 232 g/mol. The summed E-state index contributed by atoms with van der Waals surface area (Å²) in [4.78, 5) is 0. The minimum absolute atomic E-state index is 0.307. The Labute approximate surface area is 118 Å². The summed E-state index contributed by atoms with van der Waals surface area (Å²) in [5.41, 5.74) is 7.14. The van der Waals surface area contributed by atoms with Crippen molar-refractivity contribution in [3.8, 4) is 0 Å². The Hall–Kier alpha value is -0.860. The molecule has 0 aromatic heterocycles. The van der Waals surface area contributed by atoms with Gasteiger partial charge in [-0.3, -0.25) is 0 Å². The normalized spacial score (nSPS) is 12.5. The maximum atomic E-state index is 5.84. The number of hydrogen-bond acceptors (Lipinski definition) is 2. The summed E-state index contributed by atoms with van der Waals surface area (Å²) in [7, 11) is 0. The largest absolute Gasteiger partial charge is 0.329 e. The predicted octanol–water partition coefficient (Wildman–Crippen LogP) is 4.03. The molecule has 0 aliphatic heterocycles. The first-order valence-corrected chi connectivity index (χ1v) is 7.87. The van der Waals surface area contributed by atoms with Crippen LogP contribution in [0.2, 0.25) is 0 Å². The molecule has 1 atom stereocenters. The molecule has 108 valence electrons. The number of benzene rings is 1. The topological polar surface area (TPSA) is 38.0 Å². The standard InChI is InChI=1S/C17H30N2/c1-2-3-4-5-6-7-11-14-19-17(15-18)16-12-9-8-10-13-16/h8-10,12-13,17,19H,2-7,11,14-15,18H2,1H3. The van der Waals surface area contributed by atoms with Crippen LogP contribution in [0.15, 0.2) is 30.3 Å². The van der Waals surface area contributed by atoms with Crippen LogP contribution in [0.3, 0.4) is 0 Å². The molecule has 0 bridgehead atoms. The van der Waals surface area contributed by atoms with Gasteiger partial charge < -0.3 is 11.1 Å². The number of unbranched alkanes of at least 4 members (excludes halogenated alkanes) is 6. The molecule has 0 saturated carbocycles. The van der Waals surface area contributed by atoms with Crippen molar-refractivity contribution in [2.24, 2.45) is 5.73 Å². The highest BCUT2D eigenvalue weighted by Crippen LogP contribution is 2.11. The fourth-order valence-electron chi connectivity index (χ4n) is 2.38. The Morgan fingerprint density at radius 2 is 1.58 bits per heavy atom. The molecule has 3 N–H and O–H groups in total. The van der Waals surface area contributed by atoms with Crippen LogP contribution >= 0.6 is 0 Å². The molecule has 1 aromatic carbocycles. The summed E-state index contributed by atoms with van der Waals surface area (Å²) >= 11 is 0. The van der Waals surface area contributed by atoms with Gasteiger partial charge in [-0.2, -0.15) is 0 Å². The minimum Gasteiger partial charge on any atom is -0.329 e. The van der Waals surface area contributed by atoms with Crippen molar-refractivity contribution >= 4 is 0 Å². The molecule has 0 amide bonds. The second-order valence-electron chi connectivity index (χ2n) is 5.27. The van der Waals surface area contributed by atoms with E-state index in [-0.39, 0.29) is 0 Å². The lowest BCUT2D eigenvalue weighted by Crippen LogP contribution is -2.28. The molecule has 1 unspecified atom stereocenters. The van der Waals surface area contributed by atoms with E-state index in [1.54, 1.807) is 0 Å². The van der Waals surface area contributed by atoms with Crippen LogP contribution in [0.4, 0.5) is 0 Å². The quantitative estimate of drug-likeness (QED) is 0.591. The van der Waals surface area contributed by atoms with Crippen molar-refractivity contribution in [2.45, 2.75) is 57.9 Å². The van der Waals surface area contributed by atoms with E-state index in [9.17, 15) is 0 Å². The summed E-state index contributed by atoms with van der Waals surface area (Å²) in [6, 6.07) is 10.8. The van der Waals surface area contributed by atoms with Crippen LogP contribution in [0.5, 0.6) is 0 Å². The van der Waals surface area contributed by atoms with Crippen LogP contribution in [-0.4, -0.2) is 13.1 Å². The van der Waals surface area contributed by atoms with E-state index in [2.05, 4.69) is 36.5 Å². The van der Waals surface area contributed by atoms with Gasteiger partial charge in [-0.25, -0.2) is 0 Å². The van der Waals surface area contributed by atoms with Gasteiger partial charge in [0.15, 0.2) is 0 Å². The van der Waals surface area contributed by atoms with Crippen LogP contribution in [0, 0.1) is 0 Å². The minimum atomic E-state index is 0.307. The van der Waals surface area contributed by atoms with Gasteiger partial charge in [-0.05, 0) is 18.5 Å². The van der Waals surface area contributed by atoms with Crippen molar-refractivity contribution in [1.29, 1.82) is 0 Å².